The predicted molar refractivity (Wildman–Crippen MR) is 199 cm³/mol. The third-order valence-electron chi connectivity index (χ3n) is 11.7. The van der Waals surface area contributed by atoms with Crippen molar-refractivity contribution in [2.45, 2.75) is 149 Å². The first-order chi connectivity index (χ1) is 29.8. The number of benzene rings is 2. The van der Waals surface area contributed by atoms with E-state index in [1.165, 1.54) is 38.1 Å². The molecule has 63 heavy (non-hydrogen) atoms. The van der Waals surface area contributed by atoms with Crippen molar-refractivity contribution in [3.63, 3.8) is 0 Å². The fraction of sp³-hybridized carbons (Fsp3) is 0.667. The van der Waals surface area contributed by atoms with Crippen LogP contribution in [0.4, 0.5) is 0 Å². The standard InChI is InChI=1S/C39H52O24/c1-11-21(43)26(48)30(52)36(56-11)55-10-19-24(46)28(50)32(54)38(61-19)63-35-29(51)23(45)18(9-40)60-39(35)62-34-25(47)20-16(42)7-15(58-37-31(53)27(49)22(44)12(2)57-37)8-17(20)59-33(34)13-3-5-14(41)6-4-13/h3-8,11-12,18-19,21-24,26-46,48-54H,9-10H2,1-2H3/t11-,12+,18-,19+,21-,22-,23-,24+,26+,27-,28-,29+,30-,31-,32+,33-,34-,35-,36-,37+,38-,39+/m0/s1. The molecule has 0 saturated carbocycles. The first kappa shape index (κ1) is 47.5. The number of hydrogen-bond acceptors (Lipinski definition) is 24. The maximum atomic E-state index is 14.5. The van der Waals surface area contributed by atoms with Gasteiger partial charge in [-0.25, -0.2) is 0 Å². The van der Waals surface area contributed by atoms with E-state index in [4.69, 9.17) is 42.6 Å². The number of carbonyl (C=O) groups excluding carboxylic acids is 1. The van der Waals surface area contributed by atoms with E-state index in [0.717, 1.165) is 12.1 Å². The lowest BCUT2D eigenvalue weighted by molar-refractivity contribution is -0.375. The maximum absolute atomic E-state index is 14.5. The van der Waals surface area contributed by atoms with Gasteiger partial charge in [-0.15, -0.1) is 0 Å². The summed E-state index contributed by atoms with van der Waals surface area (Å²) in [5.41, 5.74) is -0.292. The van der Waals surface area contributed by atoms with Crippen molar-refractivity contribution in [1.29, 1.82) is 0 Å². The van der Waals surface area contributed by atoms with Gasteiger partial charge in [0.15, 0.2) is 31.1 Å². The van der Waals surface area contributed by atoms with Crippen LogP contribution in [0, 0.1) is 0 Å². The number of hydrogen-bond donors (Lipinski definition) is 14. The van der Waals surface area contributed by atoms with Crippen LogP contribution in [-0.2, 0) is 33.2 Å². The number of ether oxygens (including phenoxy) is 9. The van der Waals surface area contributed by atoms with Gasteiger partial charge in [0, 0.05) is 12.1 Å². The summed E-state index contributed by atoms with van der Waals surface area (Å²) in [5, 5.41) is 148. The molecule has 0 unspecified atom stereocenters. The first-order valence-electron chi connectivity index (χ1n) is 20.0. The summed E-state index contributed by atoms with van der Waals surface area (Å²) in [6.45, 7) is 1.23. The largest absolute Gasteiger partial charge is 0.508 e. The van der Waals surface area contributed by atoms with Gasteiger partial charge in [0.1, 0.15) is 114 Å². The van der Waals surface area contributed by atoms with Crippen molar-refractivity contribution >= 4 is 5.78 Å². The molecule has 4 fully saturated rings. The summed E-state index contributed by atoms with van der Waals surface area (Å²) < 4.78 is 51.8. The Morgan fingerprint density at radius 3 is 1.78 bits per heavy atom. The van der Waals surface area contributed by atoms with Gasteiger partial charge in [0.05, 0.1) is 25.4 Å². The number of aliphatic hydroxyl groups excluding tert-OH is 12. The molecule has 22 atom stereocenters. The van der Waals surface area contributed by atoms with Gasteiger partial charge in [-0.05, 0) is 31.5 Å². The molecule has 5 heterocycles. The van der Waals surface area contributed by atoms with E-state index in [-0.39, 0.29) is 22.8 Å². The molecule has 5 aliphatic heterocycles. The zero-order valence-electron chi connectivity index (χ0n) is 33.4. The fourth-order valence-electron chi connectivity index (χ4n) is 7.87. The quantitative estimate of drug-likeness (QED) is 0.1000. The molecule has 2 aromatic rings. The maximum Gasteiger partial charge on any atom is 0.229 e. The van der Waals surface area contributed by atoms with E-state index >= 15 is 0 Å². The minimum atomic E-state index is -2.08. The third kappa shape index (κ3) is 9.34. The Bertz CT molecular complexity index is 1870. The molecule has 24 nitrogen and oxygen atoms in total. The monoisotopic (exact) mass is 904 g/mol. The van der Waals surface area contributed by atoms with Crippen molar-refractivity contribution in [2.75, 3.05) is 13.2 Å². The molecule has 0 aliphatic carbocycles. The molecule has 14 N–H and O–H groups in total. The highest BCUT2D eigenvalue weighted by molar-refractivity contribution is 6.05. The van der Waals surface area contributed by atoms with Gasteiger partial charge in [-0.1, -0.05) is 12.1 Å². The normalized spacial score (nSPS) is 44.4. The Morgan fingerprint density at radius 1 is 0.587 bits per heavy atom. The van der Waals surface area contributed by atoms with Gasteiger partial charge < -0.3 is 114 Å². The second-order valence-corrected chi connectivity index (χ2v) is 16.0. The average Bonchev–Trinajstić information content (AvgIpc) is 3.25. The van der Waals surface area contributed by atoms with E-state index in [9.17, 15) is 76.3 Å². The second-order valence-electron chi connectivity index (χ2n) is 16.0. The topological polar surface area (TPSA) is 383 Å². The van der Waals surface area contributed by atoms with E-state index in [1.807, 2.05) is 0 Å². The van der Waals surface area contributed by atoms with Crippen LogP contribution in [0.1, 0.15) is 35.9 Å². The Kier molecular flexibility index (Phi) is 14.5. The van der Waals surface area contributed by atoms with E-state index in [2.05, 4.69) is 0 Å². The molecule has 24 heteroatoms. The van der Waals surface area contributed by atoms with E-state index in [1.54, 1.807) is 0 Å². The molecule has 0 spiro atoms. The molecule has 0 bridgehead atoms. The average molecular weight is 905 g/mol. The lowest BCUT2D eigenvalue weighted by atomic mass is 9.92. The summed E-state index contributed by atoms with van der Waals surface area (Å²) >= 11 is 0. The molecular formula is C39H52O24. The fourth-order valence-corrected chi connectivity index (χ4v) is 7.87. The summed E-state index contributed by atoms with van der Waals surface area (Å²) in [6.07, 6.45) is -37.2. The van der Waals surface area contributed by atoms with Crippen LogP contribution < -0.4 is 9.47 Å². The number of phenols is 2. The molecule has 0 radical (unpaired) electrons. The lowest BCUT2D eigenvalue weighted by Crippen LogP contribution is -2.65. The number of carbonyl (C=O) groups is 1. The summed E-state index contributed by atoms with van der Waals surface area (Å²) in [6, 6.07) is 7.37. The molecule has 0 aromatic heterocycles. The second kappa shape index (κ2) is 19.2. The molecule has 5 aliphatic rings. The zero-order valence-corrected chi connectivity index (χ0v) is 33.4. The van der Waals surface area contributed by atoms with E-state index < -0.39 is 165 Å². The minimum Gasteiger partial charge on any atom is -0.508 e. The highest BCUT2D eigenvalue weighted by Gasteiger charge is 2.54. The van der Waals surface area contributed by atoms with Crippen LogP contribution in [0.3, 0.4) is 0 Å². The van der Waals surface area contributed by atoms with Crippen LogP contribution in [0.2, 0.25) is 0 Å². The van der Waals surface area contributed by atoms with Gasteiger partial charge in [-0.3, -0.25) is 4.79 Å². The zero-order chi connectivity index (χ0) is 45.8. The lowest BCUT2D eigenvalue weighted by Gasteiger charge is -2.47. The van der Waals surface area contributed by atoms with Crippen molar-refractivity contribution in [3.05, 3.63) is 47.5 Å². The van der Waals surface area contributed by atoms with Gasteiger partial charge in [0.25, 0.3) is 0 Å². The van der Waals surface area contributed by atoms with E-state index in [0.29, 0.717) is 0 Å². The van der Waals surface area contributed by atoms with Crippen LogP contribution in [-0.4, -0.2) is 219 Å². The number of fused-ring (bicyclic) bond motifs is 1. The number of rotatable bonds is 11. The van der Waals surface area contributed by atoms with Crippen LogP contribution in [0.15, 0.2) is 36.4 Å². The summed E-state index contributed by atoms with van der Waals surface area (Å²) in [5.74, 6) is -2.41. The van der Waals surface area contributed by atoms with Gasteiger partial charge in [-0.2, -0.15) is 0 Å². The number of aromatic hydroxyl groups is 2. The third-order valence-corrected chi connectivity index (χ3v) is 11.7. The minimum absolute atomic E-state index is 0.179. The Labute approximate surface area is 357 Å². The SMILES string of the molecule is C[C@@H]1O[C@H](OC[C@H]2O[C@@H](O[C@@H]3[C@@H](O[C@H]4C(=O)c5c(O)cc(O[C@H]6O[C@H](C)[C@H](O)[C@H](O)[C@@H]6O)cc5O[C@H]4c4ccc(O)cc4)O[C@@H](CO)[C@H](O)[C@H]3O)[C@H](O)[C@@H](O)[C@@H]2O)[C@@H](O)[C@H](O)[C@H]1O. The number of aliphatic hydroxyl groups is 12. The van der Waals surface area contributed by atoms with Crippen LogP contribution >= 0.6 is 0 Å². The predicted octanol–water partition coefficient (Wildman–Crippen LogP) is -5.52. The van der Waals surface area contributed by atoms with Crippen LogP contribution in [0.25, 0.3) is 0 Å². The Hall–Kier alpha value is -3.45. The van der Waals surface area contributed by atoms with Gasteiger partial charge >= 0.3 is 0 Å². The van der Waals surface area contributed by atoms with Crippen molar-refractivity contribution in [1.82, 2.24) is 0 Å². The highest BCUT2D eigenvalue weighted by Crippen LogP contribution is 2.45. The van der Waals surface area contributed by atoms with Crippen LogP contribution in [0.5, 0.6) is 23.0 Å². The molecule has 352 valence electrons. The molecule has 2 aromatic carbocycles. The van der Waals surface area contributed by atoms with Crippen molar-refractivity contribution < 1.29 is 119 Å². The number of phenolic OH excluding ortho intramolecular Hbond substituents is 2. The molecule has 0 amide bonds. The number of ketones is 1. The van der Waals surface area contributed by atoms with Gasteiger partial charge in [0.2, 0.25) is 12.1 Å². The summed E-state index contributed by atoms with van der Waals surface area (Å²) in [7, 11) is 0. The van der Waals surface area contributed by atoms with Crippen molar-refractivity contribution in [2.24, 2.45) is 0 Å². The molecule has 4 saturated heterocycles. The molecule has 7 rings (SSSR count). The first-order valence-corrected chi connectivity index (χ1v) is 20.0. The molecular weight excluding hydrogens is 852 g/mol. The Morgan fingerprint density at radius 2 is 1.14 bits per heavy atom. The van der Waals surface area contributed by atoms with Crippen molar-refractivity contribution in [3.8, 4) is 23.0 Å². The summed E-state index contributed by atoms with van der Waals surface area (Å²) in [4.78, 5) is 14.5. The highest BCUT2D eigenvalue weighted by atomic mass is 16.8. The number of Topliss-reactive ketones (excluding diaryl/α,β-unsaturated/α-hetero) is 1. The Balaban J connectivity index is 1.15. The smallest absolute Gasteiger partial charge is 0.229 e.